The molecule has 0 amide bonds. The molecular weight excluding hydrogens is 339 g/mol. The first-order valence-corrected chi connectivity index (χ1v) is 7.91. The lowest BCUT2D eigenvalue weighted by molar-refractivity contribution is 0.534. The third-order valence-corrected chi connectivity index (χ3v) is 6.28. The van der Waals surface area contributed by atoms with Crippen molar-refractivity contribution in [2.45, 2.75) is 11.7 Å². The fourth-order valence-electron chi connectivity index (χ4n) is 3.12. The smallest absolute Gasteiger partial charge is 0.0504 e. The number of hydrogen-bond donors (Lipinski definition) is 0. The van der Waals surface area contributed by atoms with Crippen LogP contribution in [-0.4, -0.2) is 5.25 Å². The Hall–Kier alpha value is -0.400. The molecule has 0 aromatic rings. The van der Waals surface area contributed by atoms with Crippen molar-refractivity contribution in [3.8, 4) is 11.8 Å². The van der Waals surface area contributed by atoms with Crippen molar-refractivity contribution in [1.82, 2.24) is 0 Å². The minimum Gasteiger partial charge on any atom is -0.118 e. The molecule has 0 saturated carbocycles. The van der Waals surface area contributed by atoms with Gasteiger partial charge in [-0.25, -0.2) is 0 Å². The quantitative estimate of drug-likeness (QED) is 0.469. The first kappa shape index (κ1) is 10.5. The van der Waals surface area contributed by atoms with Crippen LogP contribution in [0.25, 0.3) is 0 Å². The summed E-state index contributed by atoms with van der Waals surface area (Å²) in [6.45, 7) is 0. The number of hydrogen-bond acceptors (Lipinski definition) is 1. The van der Waals surface area contributed by atoms with Crippen LogP contribution in [0.3, 0.4) is 0 Å². The Morgan fingerprint density at radius 1 is 1.35 bits per heavy atom. The largest absolute Gasteiger partial charge is 0.118 e. The van der Waals surface area contributed by atoms with Gasteiger partial charge >= 0.3 is 0 Å². The molecule has 0 bridgehead atoms. The molecule has 3 aliphatic carbocycles. The van der Waals surface area contributed by atoms with Crippen molar-refractivity contribution in [2.75, 3.05) is 0 Å². The van der Waals surface area contributed by atoms with Crippen LogP contribution in [0.5, 0.6) is 0 Å². The van der Waals surface area contributed by atoms with Gasteiger partial charge in [0.25, 0.3) is 0 Å². The lowest BCUT2D eigenvalue weighted by atomic mass is 9.76. The van der Waals surface area contributed by atoms with Crippen molar-refractivity contribution < 1.29 is 0 Å². The number of halogens is 1. The lowest BCUT2D eigenvalue weighted by Gasteiger charge is -2.27. The number of fused-ring (bicyclic) bond motifs is 4. The highest BCUT2D eigenvalue weighted by Gasteiger charge is 2.43. The van der Waals surface area contributed by atoms with Crippen molar-refractivity contribution >= 4 is 34.4 Å². The molecule has 84 valence electrons. The standard InChI is InChI=1S/C15H11IS/c16-11-5-2-6-12-15(11)14-10-4-1-3-9(10)7-8-13(14)17-12/h2,5-10,12,15H,3H2/t9-,10?,12?,15+/m1/s1. The van der Waals surface area contributed by atoms with E-state index >= 15 is 0 Å². The third kappa shape index (κ3) is 1.45. The molecule has 0 aromatic carbocycles. The zero-order valence-corrected chi connectivity index (χ0v) is 12.2. The Kier molecular flexibility index (Phi) is 2.35. The van der Waals surface area contributed by atoms with Crippen molar-refractivity contribution in [3.05, 3.63) is 44.4 Å². The molecule has 2 heteroatoms. The van der Waals surface area contributed by atoms with Crippen molar-refractivity contribution in [2.24, 2.45) is 17.8 Å². The van der Waals surface area contributed by atoms with Crippen LogP contribution in [0.1, 0.15) is 6.42 Å². The number of thioether (sulfide) groups is 1. The summed E-state index contributed by atoms with van der Waals surface area (Å²) in [6.07, 6.45) is 12.6. The number of rotatable bonds is 0. The van der Waals surface area contributed by atoms with Gasteiger partial charge in [-0.1, -0.05) is 36.3 Å². The third-order valence-electron chi connectivity index (χ3n) is 3.92. The molecule has 0 aromatic heterocycles. The van der Waals surface area contributed by atoms with Gasteiger partial charge in [0.1, 0.15) is 0 Å². The summed E-state index contributed by atoms with van der Waals surface area (Å²) in [5.41, 5.74) is 1.61. The fraction of sp³-hybridized carbons (Fsp3) is 0.333. The summed E-state index contributed by atoms with van der Waals surface area (Å²) in [5, 5.41) is 0.614. The Morgan fingerprint density at radius 2 is 2.29 bits per heavy atom. The Bertz CT molecular complexity index is 567. The molecule has 1 aliphatic heterocycles. The first-order chi connectivity index (χ1) is 8.34. The average Bonchev–Trinajstić information content (AvgIpc) is 2.91. The van der Waals surface area contributed by atoms with E-state index in [2.05, 4.69) is 64.8 Å². The van der Waals surface area contributed by atoms with Gasteiger partial charge in [0, 0.05) is 28.4 Å². The van der Waals surface area contributed by atoms with Crippen LogP contribution >= 0.6 is 34.4 Å². The van der Waals surface area contributed by atoms with Gasteiger partial charge in [0.2, 0.25) is 0 Å². The molecule has 0 spiro atoms. The van der Waals surface area contributed by atoms with Crippen LogP contribution in [-0.2, 0) is 0 Å². The van der Waals surface area contributed by atoms with Crippen LogP contribution in [0, 0.1) is 29.6 Å². The van der Waals surface area contributed by atoms with Crippen LogP contribution in [0.4, 0.5) is 0 Å². The van der Waals surface area contributed by atoms with Gasteiger partial charge in [-0.2, -0.15) is 0 Å². The minimum absolute atomic E-state index is 0.502. The summed E-state index contributed by atoms with van der Waals surface area (Å²) in [7, 11) is 0. The van der Waals surface area contributed by atoms with E-state index in [1.807, 2.05) is 11.8 Å². The van der Waals surface area contributed by atoms with Gasteiger partial charge < -0.3 is 0 Å². The molecule has 2 unspecified atom stereocenters. The highest BCUT2D eigenvalue weighted by atomic mass is 127. The molecular formula is C15H11IS. The molecule has 0 N–H and O–H groups in total. The average molecular weight is 350 g/mol. The molecule has 0 radical (unpaired) electrons. The maximum Gasteiger partial charge on any atom is 0.0504 e. The predicted molar refractivity (Wildman–Crippen MR) is 81.7 cm³/mol. The number of allylic oxidation sites excluding steroid dienone is 6. The normalized spacial score (nSPS) is 40.4. The SMILES string of the molecule is IC1=CC=CC2SC3=C(C4C#CC[C@@H]4C=C3)[C@@H]12. The Labute approximate surface area is 119 Å². The maximum absolute atomic E-state index is 3.46. The summed E-state index contributed by atoms with van der Waals surface area (Å²) < 4.78 is 1.48. The van der Waals surface area contributed by atoms with E-state index in [4.69, 9.17) is 0 Å². The molecule has 0 nitrogen and oxygen atoms in total. The summed E-state index contributed by atoms with van der Waals surface area (Å²) in [5.74, 6) is 8.49. The molecule has 4 aliphatic rings. The summed E-state index contributed by atoms with van der Waals surface area (Å²) in [6, 6.07) is 0. The van der Waals surface area contributed by atoms with E-state index in [1.54, 1.807) is 5.57 Å². The second-order valence-electron chi connectivity index (χ2n) is 4.84. The van der Waals surface area contributed by atoms with E-state index in [1.165, 1.54) is 8.48 Å². The minimum atomic E-state index is 0.502. The molecule has 1 heterocycles. The van der Waals surface area contributed by atoms with Crippen molar-refractivity contribution in [1.29, 1.82) is 0 Å². The van der Waals surface area contributed by atoms with Crippen LogP contribution in [0.15, 0.2) is 44.4 Å². The summed E-state index contributed by atoms with van der Waals surface area (Å²) >= 11 is 4.53. The van der Waals surface area contributed by atoms with E-state index in [0.717, 1.165) is 6.42 Å². The second-order valence-corrected chi connectivity index (χ2v) is 7.31. The first-order valence-electron chi connectivity index (χ1n) is 5.96. The molecule has 0 saturated heterocycles. The lowest BCUT2D eigenvalue weighted by Crippen LogP contribution is -2.22. The Morgan fingerprint density at radius 3 is 3.24 bits per heavy atom. The maximum atomic E-state index is 3.46. The summed E-state index contributed by atoms with van der Waals surface area (Å²) in [4.78, 5) is 1.49. The highest BCUT2D eigenvalue weighted by molar-refractivity contribution is 14.1. The second kappa shape index (κ2) is 3.80. The zero-order chi connectivity index (χ0) is 11.4. The molecule has 4 atom stereocenters. The van der Waals surface area contributed by atoms with Gasteiger partial charge in [-0.15, -0.1) is 17.7 Å². The highest BCUT2D eigenvalue weighted by Crippen LogP contribution is 2.55. The fourth-order valence-corrected chi connectivity index (χ4v) is 5.74. The predicted octanol–water partition coefficient (Wildman–Crippen LogP) is 4.07. The van der Waals surface area contributed by atoms with E-state index in [-0.39, 0.29) is 0 Å². The van der Waals surface area contributed by atoms with Gasteiger partial charge in [0.05, 0.1) is 5.92 Å². The van der Waals surface area contributed by atoms with E-state index in [9.17, 15) is 0 Å². The molecule has 0 fully saturated rings. The van der Waals surface area contributed by atoms with E-state index < -0.39 is 0 Å². The van der Waals surface area contributed by atoms with E-state index in [0.29, 0.717) is 23.0 Å². The van der Waals surface area contributed by atoms with Crippen LogP contribution < -0.4 is 0 Å². The van der Waals surface area contributed by atoms with Gasteiger partial charge in [0.15, 0.2) is 0 Å². The van der Waals surface area contributed by atoms with Crippen molar-refractivity contribution in [3.63, 3.8) is 0 Å². The molecule has 4 rings (SSSR count). The van der Waals surface area contributed by atoms with Gasteiger partial charge in [-0.3, -0.25) is 0 Å². The Balaban J connectivity index is 1.83. The van der Waals surface area contributed by atoms with Crippen LogP contribution in [0.2, 0.25) is 0 Å². The molecule has 17 heavy (non-hydrogen) atoms. The monoisotopic (exact) mass is 350 g/mol. The topological polar surface area (TPSA) is 0 Å². The zero-order valence-electron chi connectivity index (χ0n) is 9.19. The van der Waals surface area contributed by atoms with Gasteiger partial charge in [-0.05, 0) is 31.7 Å².